The van der Waals surface area contributed by atoms with E-state index in [1.165, 1.54) is 5.56 Å². The van der Waals surface area contributed by atoms with Crippen LogP contribution in [0.25, 0.3) is 0 Å². The van der Waals surface area contributed by atoms with Crippen LogP contribution in [-0.4, -0.2) is 56.2 Å². The number of carbonyl (C=O) groups excluding carboxylic acids is 1. The molecule has 2 heterocycles. The van der Waals surface area contributed by atoms with Crippen molar-refractivity contribution in [3.05, 3.63) is 54.1 Å². The molecule has 4 rings (SSSR count). The highest BCUT2D eigenvalue weighted by Crippen LogP contribution is 2.33. The maximum atomic E-state index is 13.3. The topological polar surface area (TPSA) is 36.0 Å². The maximum absolute atomic E-state index is 13.3. The van der Waals surface area contributed by atoms with E-state index in [0.717, 1.165) is 49.7 Å². The van der Waals surface area contributed by atoms with Crippen LogP contribution in [0.15, 0.2) is 48.5 Å². The molecule has 0 unspecified atom stereocenters. The third kappa shape index (κ3) is 3.35. The van der Waals surface area contributed by atoms with Crippen molar-refractivity contribution in [3.8, 4) is 5.75 Å². The lowest BCUT2D eigenvalue weighted by molar-refractivity contribution is -0.123. The van der Waals surface area contributed by atoms with Gasteiger partial charge >= 0.3 is 0 Å². The van der Waals surface area contributed by atoms with Crippen molar-refractivity contribution >= 4 is 17.3 Å². The first-order valence-corrected chi connectivity index (χ1v) is 10.1. The lowest BCUT2D eigenvalue weighted by Crippen LogP contribution is -2.55. The van der Waals surface area contributed by atoms with Gasteiger partial charge in [-0.1, -0.05) is 30.3 Å². The van der Waals surface area contributed by atoms with Crippen molar-refractivity contribution in [3.63, 3.8) is 0 Å². The van der Waals surface area contributed by atoms with E-state index >= 15 is 0 Å². The number of carbonyl (C=O) groups is 1. The highest BCUT2D eigenvalue weighted by atomic mass is 16.5. The van der Waals surface area contributed by atoms with Crippen LogP contribution in [0.5, 0.6) is 5.75 Å². The Balaban J connectivity index is 1.43. The molecule has 1 amide bonds. The molecule has 0 bridgehead atoms. The Morgan fingerprint density at radius 1 is 1.00 bits per heavy atom. The van der Waals surface area contributed by atoms with Gasteiger partial charge in [0.1, 0.15) is 5.75 Å². The van der Waals surface area contributed by atoms with Gasteiger partial charge in [0, 0.05) is 37.9 Å². The fraction of sp³-hybridized carbons (Fsp3) is 0.435. The first kappa shape index (κ1) is 18.8. The molecule has 0 radical (unpaired) electrons. The van der Waals surface area contributed by atoms with E-state index in [1.807, 2.05) is 29.2 Å². The lowest BCUT2D eigenvalue weighted by Gasteiger charge is -2.40. The van der Waals surface area contributed by atoms with E-state index in [9.17, 15) is 4.79 Å². The SMILES string of the molecule is COc1ccccc1N1CCN([C@@H](C)C(=O)N2c3ccccc3C[C@H]2C)CC1. The first-order valence-electron chi connectivity index (χ1n) is 10.1. The molecule has 0 saturated carbocycles. The summed E-state index contributed by atoms with van der Waals surface area (Å²) in [7, 11) is 1.71. The van der Waals surface area contributed by atoms with E-state index in [1.54, 1.807) is 7.11 Å². The zero-order valence-electron chi connectivity index (χ0n) is 17.0. The Bertz CT molecular complexity index is 845. The zero-order chi connectivity index (χ0) is 19.7. The molecule has 0 aromatic heterocycles. The Hall–Kier alpha value is -2.53. The number of benzene rings is 2. The second-order valence-corrected chi connectivity index (χ2v) is 7.76. The van der Waals surface area contributed by atoms with Gasteiger partial charge in [-0.2, -0.15) is 0 Å². The standard InChI is InChI=1S/C23H29N3O2/c1-17-16-19-8-4-5-9-20(19)26(17)23(27)18(2)24-12-14-25(15-13-24)21-10-6-7-11-22(21)28-3/h4-11,17-18H,12-16H2,1-3H3/t17-,18+/m1/s1. The third-order valence-electron chi connectivity index (χ3n) is 6.09. The molecule has 2 aromatic carbocycles. The monoisotopic (exact) mass is 379 g/mol. The molecule has 1 saturated heterocycles. The summed E-state index contributed by atoms with van der Waals surface area (Å²) in [5, 5.41) is 0. The molecule has 2 atom stereocenters. The van der Waals surface area contributed by atoms with Crippen LogP contribution in [0.1, 0.15) is 19.4 Å². The quantitative estimate of drug-likeness (QED) is 0.818. The molecule has 148 valence electrons. The number of anilines is 2. The molecule has 2 aliphatic rings. The first-order chi connectivity index (χ1) is 13.6. The largest absolute Gasteiger partial charge is 0.495 e. The highest BCUT2D eigenvalue weighted by molar-refractivity contribution is 5.99. The predicted molar refractivity (Wildman–Crippen MR) is 113 cm³/mol. The smallest absolute Gasteiger partial charge is 0.244 e. The van der Waals surface area contributed by atoms with Crippen molar-refractivity contribution in [2.24, 2.45) is 0 Å². The predicted octanol–water partition coefficient (Wildman–Crippen LogP) is 3.18. The minimum atomic E-state index is -0.117. The molecule has 2 aromatic rings. The van der Waals surface area contributed by atoms with Crippen LogP contribution in [0.4, 0.5) is 11.4 Å². The van der Waals surface area contributed by atoms with Gasteiger partial charge in [0.2, 0.25) is 5.91 Å². The second-order valence-electron chi connectivity index (χ2n) is 7.76. The average molecular weight is 380 g/mol. The Morgan fingerprint density at radius 3 is 2.36 bits per heavy atom. The van der Waals surface area contributed by atoms with Gasteiger partial charge in [-0.15, -0.1) is 0 Å². The third-order valence-corrected chi connectivity index (χ3v) is 6.09. The molecule has 0 N–H and O–H groups in total. The number of para-hydroxylation sites is 3. The number of fused-ring (bicyclic) bond motifs is 1. The van der Waals surface area contributed by atoms with Gasteiger partial charge < -0.3 is 14.5 Å². The number of ether oxygens (including phenoxy) is 1. The highest BCUT2D eigenvalue weighted by Gasteiger charge is 2.36. The van der Waals surface area contributed by atoms with Crippen LogP contribution in [-0.2, 0) is 11.2 Å². The molecule has 28 heavy (non-hydrogen) atoms. The van der Waals surface area contributed by atoms with Gasteiger partial charge in [0.25, 0.3) is 0 Å². The fourth-order valence-corrected chi connectivity index (χ4v) is 4.50. The number of hydrogen-bond donors (Lipinski definition) is 0. The molecule has 2 aliphatic heterocycles. The summed E-state index contributed by atoms with van der Waals surface area (Å²) in [4.78, 5) is 20.0. The Labute approximate surface area is 167 Å². The van der Waals surface area contributed by atoms with Crippen LogP contribution < -0.4 is 14.5 Å². The van der Waals surface area contributed by atoms with E-state index in [-0.39, 0.29) is 18.0 Å². The van der Waals surface area contributed by atoms with Crippen LogP contribution in [0.3, 0.4) is 0 Å². The molecule has 5 nitrogen and oxygen atoms in total. The van der Waals surface area contributed by atoms with E-state index in [4.69, 9.17) is 4.74 Å². The molecule has 0 aliphatic carbocycles. The minimum Gasteiger partial charge on any atom is -0.495 e. The molecule has 1 fully saturated rings. The fourth-order valence-electron chi connectivity index (χ4n) is 4.50. The van der Waals surface area contributed by atoms with Crippen molar-refractivity contribution in [1.29, 1.82) is 0 Å². The van der Waals surface area contributed by atoms with Crippen LogP contribution >= 0.6 is 0 Å². The van der Waals surface area contributed by atoms with Crippen molar-refractivity contribution in [2.75, 3.05) is 43.1 Å². The summed E-state index contributed by atoms with van der Waals surface area (Å²) in [6.45, 7) is 7.72. The summed E-state index contributed by atoms with van der Waals surface area (Å²) < 4.78 is 5.51. The minimum absolute atomic E-state index is 0.117. The normalized spacial score (nSPS) is 20.8. The van der Waals surface area contributed by atoms with Crippen molar-refractivity contribution in [2.45, 2.75) is 32.4 Å². The van der Waals surface area contributed by atoms with Gasteiger partial charge in [-0.05, 0) is 44.0 Å². The second kappa shape index (κ2) is 7.84. The number of methoxy groups -OCH3 is 1. The van der Waals surface area contributed by atoms with Gasteiger partial charge in [-0.3, -0.25) is 9.69 Å². The Morgan fingerprint density at radius 2 is 1.64 bits per heavy atom. The van der Waals surface area contributed by atoms with Gasteiger partial charge in [0.15, 0.2) is 0 Å². The average Bonchev–Trinajstić information content (AvgIpc) is 3.08. The van der Waals surface area contributed by atoms with Crippen LogP contribution in [0.2, 0.25) is 0 Å². The summed E-state index contributed by atoms with van der Waals surface area (Å²) in [5.41, 5.74) is 3.49. The van der Waals surface area contributed by atoms with Crippen molar-refractivity contribution in [1.82, 2.24) is 4.90 Å². The lowest BCUT2D eigenvalue weighted by atomic mass is 10.1. The summed E-state index contributed by atoms with van der Waals surface area (Å²) >= 11 is 0. The van der Waals surface area contributed by atoms with Crippen molar-refractivity contribution < 1.29 is 9.53 Å². The number of piperazine rings is 1. The molecule has 5 heteroatoms. The van der Waals surface area contributed by atoms with Gasteiger partial charge in [0.05, 0.1) is 18.8 Å². The molecular weight excluding hydrogens is 350 g/mol. The van der Waals surface area contributed by atoms with E-state index in [0.29, 0.717) is 0 Å². The van der Waals surface area contributed by atoms with Gasteiger partial charge in [-0.25, -0.2) is 0 Å². The van der Waals surface area contributed by atoms with Crippen LogP contribution in [0, 0.1) is 0 Å². The summed E-state index contributed by atoms with van der Waals surface area (Å²) in [5.74, 6) is 1.12. The Kier molecular flexibility index (Phi) is 5.27. The number of nitrogens with zero attached hydrogens (tertiary/aromatic N) is 3. The zero-order valence-corrected chi connectivity index (χ0v) is 17.0. The number of rotatable bonds is 4. The number of amides is 1. The maximum Gasteiger partial charge on any atom is 0.244 e. The number of hydrogen-bond acceptors (Lipinski definition) is 4. The summed E-state index contributed by atoms with van der Waals surface area (Å²) in [6, 6.07) is 16.5. The molecular formula is C23H29N3O2. The molecule has 0 spiro atoms. The van der Waals surface area contributed by atoms with E-state index < -0.39 is 0 Å². The summed E-state index contributed by atoms with van der Waals surface area (Å²) in [6.07, 6.45) is 0.941. The van der Waals surface area contributed by atoms with E-state index in [2.05, 4.69) is 47.9 Å².